The Balaban J connectivity index is 3.67. The average molecular weight is 208 g/mol. The second kappa shape index (κ2) is 7.03. The number of esters is 1. The molecule has 0 radical (unpaired) electrons. The van der Waals surface area contributed by atoms with Crippen LogP contribution in [0.4, 0.5) is 0 Å². The molecule has 0 amide bonds. The monoisotopic (exact) mass is 208 g/mol. The fourth-order valence-corrected chi connectivity index (χ4v) is 1.33. The number of hydrogen-bond donors (Lipinski definition) is 1. The molecule has 0 fully saturated rings. The normalized spacial score (nSPS) is 15.0. The van der Waals surface area contributed by atoms with Gasteiger partial charge in [-0.15, -0.1) is 0 Å². The molecule has 0 aliphatic carbocycles. The maximum Gasteiger partial charge on any atom is 0.318 e. The highest BCUT2D eigenvalue weighted by molar-refractivity contribution is 7.85. The third-order valence-corrected chi connectivity index (χ3v) is 2.70. The van der Waals surface area contributed by atoms with E-state index in [9.17, 15) is 9.00 Å². The van der Waals surface area contributed by atoms with Crippen molar-refractivity contribution >= 4 is 16.8 Å². The SMILES string of the molecule is CCC(C)OC(=O)CS(=O)CCO. The van der Waals surface area contributed by atoms with Crippen LogP contribution in [0.1, 0.15) is 20.3 Å². The van der Waals surface area contributed by atoms with Crippen molar-refractivity contribution in [2.75, 3.05) is 18.1 Å². The standard InChI is InChI=1S/C8H16O4S/c1-3-7(2)12-8(10)6-13(11)5-4-9/h7,9H,3-6H2,1-2H3. The van der Waals surface area contributed by atoms with E-state index in [1.807, 2.05) is 6.92 Å². The third kappa shape index (κ3) is 6.72. The molecular weight excluding hydrogens is 192 g/mol. The van der Waals surface area contributed by atoms with Crippen molar-refractivity contribution < 1.29 is 18.8 Å². The first-order chi connectivity index (χ1) is 6.10. The van der Waals surface area contributed by atoms with Crippen LogP contribution in [0, 0.1) is 0 Å². The Morgan fingerprint density at radius 2 is 2.23 bits per heavy atom. The van der Waals surface area contributed by atoms with Gasteiger partial charge in [0.1, 0.15) is 5.75 Å². The molecule has 4 nitrogen and oxygen atoms in total. The zero-order valence-corrected chi connectivity index (χ0v) is 8.80. The minimum absolute atomic E-state index is 0.120. The lowest BCUT2D eigenvalue weighted by Gasteiger charge is -2.09. The minimum atomic E-state index is -1.29. The minimum Gasteiger partial charge on any atom is -0.462 e. The summed E-state index contributed by atoms with van der Waals surface area (Å²) in [4.78, 5) is 11.0. The van der Waals surface area contributed by atoms with Crippen LogP contribution in [0.15, 0.2) is 0 Å². The fraction of sp³-hybridized carbons (Fsp3) is 0.875. The van der Waals surface area contributed by atoms with Gasteiger partial charge in [0.05, 0.1) is 12.7 Å². The van der Waals surface area contributed by atoms with Crippen molar-refractivity contribution in [3.63, 3.8) is 0 Å². The molecule has 0 aliphatic heterocycles. The van der Waals surface area contributed by atoms with Crippen LogP contribution in [-0.2, 0) is 20.3 Å². The zero-order valence-electron chi connectivity index (χ0n) is 7.99. The van der Waals surface area contributed by atoms with E-state index in [0.717, 1.165) is 6.42 Å². The smallest absolute Gasteiger partial charge is 0.318 e. The van der Waals surface area contributed by atoms with Crippen LogP contribution in [0.5, 0.6) is 0 Å². The highest BCUT2D eigenvalue weighted by Gasteiger charge is 2.11. The molecule has 0 aromatic carbocycles. The molecule has 2 atom stereocenters. The molecule has 0 aromatic heterocycles. The number of aliphatic hydroxyl groups excluding tert-OH is 1. The predicted octanol–water partition coefficient (Wildman–Crippen LogP) is 0.0691. The summed E-state index contributed by atoms with van der Waals surface area (Å²) in [5.41, 5.74) is 0. The van der Waals surface area contributed by atoms with E-state index in [4.69, 9.17) is 9.84 Å². The second-order valence-electron chi connectivity index (χ2n) is 2.72. The fourth-order valence-electron chi connectivity index (χ4n) is 0.647. The summed E-state index contributed by atoms with van der Waals surface area (Å²) in [5, 5.41) is 8.43. The summed E-state index contributed by atoms with van der Waals surface area (Å²) < 4.78 is 15.9. The second-order valence-corrected chi connectivity index (χ2v) is 4.30. The molecule has 78 valence electrons. The summed E-state index contributed by atoms with van der Waals surface area (Å²) >= 11 is 0. The van der Waals surface area contributed by atoms with Crippen molar-refractivity contribution in [1.82, 2.24) is 0 Å². The highest BCUT2D eigenvalue weighted by Crippen LogP contribution is 1.97. The molecular formula is C8H16O4S. The van der Waals surface area contributed by atoms with Gasteiger partial charge >= 0.3 is 5.97 Å². The van der Waals surface area contributed by atoms with Crippen LogP contribution in [0.2, 0.25) is 0 Å². The number of hydrogen-bond acceptors (Lipinski definition) is 4. The molecule has 0 bridgehead atoms. The Bertz CT molecular complexity index is 181. The topological polar surface area (TPSA) is 63.6 Å². The quantitative estimate of drug-likeness (QED) is 0.627. The molecule has 0 saturated heterocycles. The molecule has 0 rings (SSSR count). The van der Waals surface area contributed by atoms with Gasteiger partial charge in [-0.3, -0.25) is 9.00 Å². The van der Waals surface area contributed by atoms with Crippen molar-refractivity contribution in [2.45, 2.75) is 26.4 Å². The largest absolute Gasteiger partial charge is 0.462 e. The van der Waals surface area contributed by atoms with E-state index >= 15 is 0 Å². The first kappa shape index (κ1) is 12.6. The molecule has 0 aliphatic rings. The summed E-state index contributed by atoms with van der Waals surface area (Å²) in [6.45, 7) is 3.53. The van der Waals surface area contributed by atoms with Gasteiger partial charge in [-0.05, 0) is 13.3 Å². The first-order valence-electron chi connectivity index (χ1n) is 4.25. The van der Waals surface area contributed by atoms with Gasteiger partial charge in [0.15, 0.2) is 0 Å². The van der Waals surface area contributed by atoms with Crippen LogP contribution in [-0.4, -0.2) is 39.5 Å². The van der Waals surface area contributed by atoms with Gasteiger partial charge in [0.25, 0.3) is 0 Å². The summed E-state index contributed by atoms with van der Waals surface area (Å²) in [5.74, 6) is -0.443. The Labute approximate surface area is 80.7 Å². The van der Waals surface area contributed by atoms with Gasteiger partial charge < -0.3 is 9.84 Å². The lowest BCUT2D eigenvalue weighted by atomic mass is 10.3. The highest BCUT2D eigenvalue weighted by atomic mass is 32.2. The lowest BCUT2D eigenvalue weighted by molar-refractivity contribution is -0.145. The molecule has 0 saturated carbocycles. The summed E-state index contributed by atoms with van der Waals surface area (Å²) in [7, 11) is -1.29. The molecule has 13 heavy (non-hydrogen) atoms. The number of ether oxygens (including phenoxy) is 1. The molecule has 5 heteroatoms. The van der Waals surface area contributed by atoms with Gasteiger partial charge in [-0.1, -0.05) is 6.92 Å². The Kier molecular flexibility index (Phi) is 6.80. The van der Waals surface area contributed by atoms with Gasteiger partial charge in [-0.2, -0.15) is 0 Å². The van der Waals surface area contributed by atoms with E-state index < -0.39 is 16.8 Å². The van der Waals surface area contributed by atoms with Crippen molar-refractivity contribution in [3.8, 4) is 0 Å². The zero-order chi connectivity index (χ0) is 10.3. The third-order valence-electron chi connectivity index (χ3n) is 1.51. The Morgan fingerprint density at radius 3 is 2.69 bits per heavy atom. The van der Waals surface area contributed by atoms with Crippen LogP contribution in [0.3, 0.4) is 0 Å². The number of carbonyl (C=O) groups excluding carboxylic acids is 1. The van der Waals surface area contributed by atoms with Gasteiger partial charge in [0.2, 0.25) is 0 Å². The number of carbonyl (C=O) groups is 1. The number of rotatable bonds is 6. The summed E-state index contributed by atoms with van der Waals surface area (Å²) in [6.07, 6.45) is 0.622. The first-order valence-corrected chi connectivity index (χ1v) is 5.74. The van der Waals surface area contributed by atoms with Crippen LogP contribution >= 0.6 is 0 Å². The van der Waals surface area contributed by atoms with E-state index in [-0.39, 0.29) is 24.2 Å². The van der Waals surface area contributed by atoms with Crippen LogP contribution < -0.4 is 0 Å². The van der Waals surface area contributed by atoms with E-state index in [2.05, 4.69) is 0 Å². The van der Waals surface area contributed by atoms with E-state index in [1.54, 1.807) is 6.92 Å². The van der Waals surface area contributed by atoms with Gasteiger partial charge in [-0.25, -0.2) is 0 Å². The van der Waals surface area contributed by atoms with Crippen molar-refractivity contribution in [3.05, 3.63) is 0 Å². The molecule has 0 spiro atoms. The molecule has 0 aromatic rings. The maximum absolute atomic E-state index is 11.0. The van der Waals surface area contributed by atoms with Crippen molar-refractivity contribution in [1.29, 1.82) is 0 Å². The van der Waals surface area contributed by atoms with Gasteiger partial charge in [0, 0.05) is 16.6 Å². The molecule has 0 heterocycles. The lowest BCUT2D eigenvalue weighted by Crippen LogP contribution is -2.21. The molecule has 1 N–H and O–H groups in total. The van der Waals surface area contributed by atoms with E-state index in [1.165, 1.54) is 0 Å². The molecule has 2 unspecified atom stereocenters. The summed E-state index contributed by atoms with van der Waals surface area (Å²) in [6, 6.07) is 0. The van der Waals surface area contributed by atoms with E-state index in [0.29, 0.717) is 0 Å². The van der Waals surface area contributed by atoms with Crippen molar-refractivity contribution in [2.24, 2.45) is 0 Å². The average Bonchev–Trinajstić information content (AvgIpc) is 2.04. The maximum atomic E-state index is 11.0. The Hall–Kier alpha value is -0.420. The predicted molar refractivity (Wildman–Crippen MR) is 50.8 cm³/mol. The number of aliphatic hydroxyl groups is 1. The van der Waals surface area contributed by atoms with Crippen LogP contribution in [0.25, 0.3) is 0 Å². The Morgan fingerprint density at radius 1 is 1.62 bits per heavy atom.